The number of aromatic nitrogens is 2. The standard InChI is InChI=1S/C15H20N4/c1-18(11-14-7-9-17-19(14)2)10-13-5-3-4-12-6-8-16-15(12)13/h3-5,7,9,16H,6,8,10-11H2,1-2H3. The van der Waals surface area contributed by atoms with Gasteiger partial charge in [0.05, 0.1) is 5.69 Å². The van der Waals surface area contributed by atoms with E-state index >= 15 is 0 Å². The van der Waals surface area contributed by atoms with Crippen LogP contribution in [0.4, 0.5) is 5.69 Å². The molecule has 4 nitrogen and oxygen atoms in total. The number of aryl methyl sites for hydroxylation is 1. The van der Waals surface area contributed by atoms with Crippen molar-refractivity contribution in [2.45, 2.75) is 19.5 Å². The smallest absolute Gasteiger partial charge is 0.0521 e. The van der Waals surface area contributed by atoms with Crippen LogP contribution in [0.1, 0.15) is 16.8 Å². The Kier molecular flexibility index (Phi) is 3.25. The Bertz CT molecular complexity index is 573. The molecule has 0 spiro atoms. The second-order valence-electron chi connectivity index (χ2n) is 5.25. The Labute approximate surface area is 114 Å². The molecule has 0 radical (unpaired) electrons. The molecule has 1 N–H and O–H groups in total. The predicted molar refractivity (Wildman–Crippen MR) is 77.0 cm³/mol. The molecule has 0 fully saturated rings. The maximum atomic E-state index is 4.21. The first-order valence-electron chi connectivity index (χ1n) is 6.74. The van der Waals surface area contributed by atoms with Crippen LogP contribution in [0.15, 0.2) is 30.5 Å². The van der Waals surface area contributed by atoms with Crippen LogP contribution in [0, 0.1) is 0 Å². The molecule has 2 heterocycles. The third-order valence-corrected chi connectivity index (χ3v) is 3.73. The Balaban J connectivity index is 1.72. The normalized spacial score (nSPS) is 13.6. The summed E-state index contributed by atoms with van der Waals surface area (Å²) in [6, 6.07) is 8.68. The van der Waals surface area contributed by atoms with Crippen LogP contribution in [0.25, 0.3) is 0 Å². The molecule has 1 aliphatic rings. The molecule has 3 rings (SSSR count). The molecule has 4 heteroatoms. The summed E-state index contributed by atoms with van der Waals surface area (Å²) in [5.74, 6) is 0. The first-order valence-corrected chi connectivity index (χ1v) is 6.74. The van der Waals surface area contributed by atoms with E-state index in [0.717, 1.165) is 26.1 Å². The lowest BCUT2D eigenvalue weighted by Gasteiger charge is -2.18. The van der Waals surface area contributed by atoms with Gasteiger partial charge in [-0.25, -0.2) is 0 Å². The molecule has 0 aliphatic carbocycles. The molecule has 1 aromatic carbocycles. The summed E-state index contributed by atoms with van der Waals surface area (Å²) >= 11 is 0. The first-order chi connectivity index (χ1) is 9.24. The van der Waals surface area contributed by atoms with E-state index in [-0.39, 0.29) is 0 Å². The van der Waals surface area contributed by atoms with Crippen LogP contribution in [0.2, 0.25) is 0 Å². The number of benzene rings is 1. The summed E-state index contributed by atoms with van der Waals surface area (Å²) < 4.78 is 1.93. The van der Waals surface area contributed by atoms with Gasteiger partial charge in [0.2, 0.25) is 0 Å². The van der Waals surface area contributed by atoms with Crippen LogP contribution in [-0.2, 0) is 26.6 Å². The van der Waals surface area contributed by atoms with E-state index in [1.165, 1.54) is 22.5 Å². The molecule has 0 bridgehead atoms. The molecule has 0 saturated carbocycles. The Morgan fingerprint density at radius 2 is 2.21 bits per heavy atom. The molecule has 19 heavy (non-hydrogen) atoms. The lowest BCUT2D eigenvalue weighted by atomic mass is 10.1. The number of hydrogen-bond donors (Lipinski definition) is 1. The fraction of sp³-hybridized carbons (Fsp3) is 0.400. The molecule has 0 atom stereocenters. The highest BCUT2D eigenvalue weighted by atomic mass is 15.3. The average Bonchev–Trinajstić information content (AvgIpc) is 3.00. The van der Waals surface area contributed by atoms with Crippen molar-refractivity contribution in [3.05, 3.63) is 47.3 Å². The Hall–Kier alpha value is -1.81. The highest BCUT2D eigenvalue weighted by molar-refractivity contribution is 5.61. The summed E-state index contributed by atoms with van der Waals surface area (Å²) in [4.78, 5) is 2.33. The fourth-order valence-electron chi connectivity index (χ4n) is 2.72. The van der Waals surface area contributed by atoms with Gasteiger partial charge in [-0.1, -0.05) is 18.2 Å². The van der Waals surface area contributed by atoms with Crippen molar-refractivity contribution in [2.75, 3.05) is 18.9 Å². The molecule has 1 aliphatic heterocycles. The third-order valence-electron chi connectivity index (χ3n) is 3.73. The predicted octanol–water partition coefficient (Wildman–Crippen LogP) is 2.02. The zero-order valence-electron chi connectivity index (χ0n) is 11.6. The van der Waals surface area contributed by atoms with E-state index in [1.807, 2.05) is 17.9 Å². The van der Waals surface area contributed by atoms with E-state index in [0.29, 0.717) is 0 Å². The zero-order valence-corrected chi connectivity index (χ0v) is 11.6. The van der Waals surface area contributed by atoms with E-state index in [1.54, 1.807) is 0 Å². The van der Waals surface area contributed by atoms with Crippen LogP contribution < -0.4 is 5.32 Å². The number of nitrogens with one attached hydrogen (secondary N) is 1. The van der Waals surface area contributed by atoms with Crippen LogP contribution in [0.3, 0.4) is 0 Å². The number of nitrogens with zero attached hydrogens (tertiary/aromatic N) is 3. The van der Waals surface area contributed by atoms with Gasteiger partial charge in [-0.15, -0.1) is 0 Å². The van der Waals surface area contributed by atoms with Gasteiger partial charge >= 0.3 is 0 Å². The Morgan fingerprint density at radius 3 is 3.00 bits per heavy atom. The minimum absolute atomic E-state index is 0.917. The third kappa shape index (κ3) is 2.49. The molecule has 2 aromatic rings. The van der Waals surface area contributed by atoms with Gasteiger partial charge in [-0.3, -0.25) is 9.58 Å². The second kappa shape index (κ2) is 5.05. The molecule has 1 aromatic heterocycles. The molecule has 0 unspecified atom stereocenters. The number of rotatable bonds is 4. The Morgan fingerprint density at radius 1 is 1.32 bits per heavy atom. The van der Waals surface area contributed by atoms with Crippen molar-refractivity contribution in [1.29, 1.82) is 0 Å². The van der Waals surface area contributed by atoms with Gasteiger partial charge in [0.1, 0.15) is 0 Å². The quantitative estimate of drug-likeness (QED) is 0.908. The topological polar surface area (TPSA) is 33.1 Å². The minimum Gasteiger partial charge on any atom is -0.384 e. The monoisotopic (exact) mass is 256 g/mol. The van der Waals surface area contributed by atoms with Crippen molar-refractivity contribution >= 4 is 5.69 Å². The molecule has 0 amide bonds. The summed E-state index contributed by atoms with van der Waals surface area (Å²) in [7, 11) is 4.15. The first kappa shape index (κ1) is 12.2. The van der Waals surface area contributed by atoms with E-state index in [2.05, 4.69) is 46.6 Å². The van der Waals surface area contributed by atoms with Crippen molar-refractivity contribution in [1.82, 2.24) is 14.7 Å². The van der Waals surface area contributed by atoms with Gasteiger partial charge in [0.15, 0.2) is 0 Å². The van der Waals surface area contributed by atoms with Crippen molar-refractivity contribution in [3.63, 3.8) is 0 Å². The van der Waals surface area contributed by atoms with Crippen molar-refractivity contribution in [2.24, 2.45) is 7.05 Å². The van der Waals surface area contributed by atoms with Crippen LogP contribution in [-0.4, -0.2) is 28.3 Å². The zero-order chi connectivity index (χ0) is 13.2. The largest absolute Gasteiger partial charge is 0.384 e. The summed E-state index contributed by atoms with van der Waals surface area (Å²) in [6.45, 7) is 2.94. The molecular formula is C15H20N4. The minimum atomic E-state index is 0.917. The van der Waals surface area contributed by atoms with E-state index in [4.69, 9.17) is 0 Å². The number of hydrogen-bond acceptors (Lipinski definition) is 3. The van der Waals surface area contributed by atoms with Crippen LogP contribution >= 0.6 is 0 Å². The molecular weight excluding hydrogens is 236 g/mol. The van der Waals surface area contributed by atoms with Gasteiger partial charge in [0.25, 0.3) is 0 Å². The SMILES string of the molecule is CN(Cc1cccc2c1NCC2)Cc1ccnn1C. The van der Waals surface area contributed by atoms with Gasteiger partial charge in [-0.05, 0) is 30.7 Å². The van der Waals surface area contributed by atoms with Gasteiger partial charge in [0, 0.05) is 38.6 Å². The summed E-state index contributed by atoms with van der Waals surface area (Å²) in [5.41, 5.74) is 5.42. The maximum absolute atomic E-state index is 4.21. The average molecular weight is 256 g/mol. The lowest BCUT2D eigenvalue weighted by Crippen LogP contribution is -2.19. The summed E-state index contributed by atoms with van der Waals surface area (Å²) in [5, 5.41) is 7.71. The van der Waals surface area contributed by atoms with Crippen LogP contribution in [0.5, 0.6) is 0 Å². The number of para-hydroxylation sites is 1. The number of fused-ring (bicyclic) bond motifs is 1. The number of anilines is 1. The summed E-state index contributed by atoms with van der Waals surface area (Å²) in [6.07, 6.45) is 3.00. The van der Waals surface area contributed by atoms with Crippen molar-refractivity contribution < 1.29 is 0 Å². The van der Waals surface area contributed by atoms with Gasteiger partial charge < -0.3 is 5.32 Å². The fourth-order valence-corrected chi connectivity index (χ4v) is 2.72. The molecule has 100 valence electrons. The highest BCUT2D eigenvalue weighted by Crippen LogP contribution is 2.27. The van der Waals surface area contributed by atoms with E-state index in [9.17, 15) is 0 Å². The van der Waals surface area contributed by atoms with Gasteiger partial charge in [-0.2, -0.15) is 5.10 Å². The van der Waals surface area contributed by atoms with Crippen molar-refractivity contribution in [3.8, 4) is 0 Å². The lowest BCUT2D eigenvalue weighted by molar-refractivity contribution is 0.310. The maximum Gasteiger partial charge on any atom is 0.0521 e. The van der Waals surface area contributed by atoms with E-state index < -0.39 is 0 Å². The highest BCUT2D eigenvalue weighted by Gasteiger charge is 2.14. The second-order valence-corrected chi connectivity index (χ2v) is 5.25. The molecule has 0 saturated heterocycles.